The lowest BCUT2D eigenvalue weighted by Crippen LogP contribution is -2.60. The first kappa shape index (κ1) is 28.9. The number of benzene rings is 2. The number of fused-ring (bicyclic) bond motifs is 5. The van der Waals surface area contributed by atoms with Crippen LogP contribution in [0, 0.1) is 5.92 Å². The Labute approximate surface area is 240 Å². The third-order valence-electron chi connectivity index (χ3n) is 9.30. The molecule has 2 aromatic rings. The van der Waals surface area contributed by atoms with E-state index in [1.165, 1.54) is 73.6 Å². The Hall–Kier alpha value is -2.66. The molecule has 2 atom stereocenters. The van der Waals surface area contributed by atoms with Crippen LogP contribution in [0.1, 0.15) is 107 Å². The molecule has 2 unspecified atom stereocenters. The quantitative estimate of drug-likeness (QED) is 0.224. The summed E-state index contributed by atoms with van der Waals surface area (Å²) in [5.41, 5.74) is 4.89. The maximum Gasteiger partial charge on any atom is 0.410 e. The first-order valence-electron chi connectivity index (χ1n) is 15.9. The van der Waals surface area contributed by atoms with Gasteiger partial charge in [0.05, 0.1) is 25.3 Å². The molecule has 40 heavy (non-hydrogen) atoms. The van der Waals surface area contributed by atoms with E-state index in [2.05, 4.69) is 55.5 Å². The van der Waals surface area contributed by atoms with Crippen molar-refractivity contribution in [1.29, 1.82) is 0 Å². The van der Waals surface area contributed by atoms with Crippen LogP contribution in [0.3, 0.4) is 0 Å². The summed E-state index contributed by atoms with van der Waals surface area (Å²) in [5.74, 6) is 0.464. The average Bonchev–Trinajstić information content (AvgIpc) is 3.29. The highest BCUT2D eigenvalue weighted by Crippen LogP contribution is 2.44. The van der Waals surface area contributed by atoms with E-state index in [0.717, 1.165) is 12.8 Å². The van der Waals surface area contributed by atoms with Crippen LogP contribution in [-0.4, -0.2) is 48.7 Å². The Morgan fingerprint density at radius 1 is 0.775 bits per heavy atom. The summed E-state index contributed by atoms with van der Waals surface area (Å²) in [7, 11) is 0. The van der Waals surface area contributed by atoms with E-state index >= 15 is 0 Å². The lowest BCUT2D eigenvalue weighted by Gasteiger charge is -2.47. The first-order chi connectivity index (χ1) is 19.7. The summed E-state index contributed by atoms with van der Waals surface area (Å²) < 4.78 is 11.8. The molecule has 2 bridgehead atoms. The molecule has 1 aliphatic carbocycles. The summed E-state index contributed by atoms with van der Waals surface area (Å²) in [5, 5.41) is 0. The molecule has 0 aromatic heterocycles. The van der Waals surface area contributed by atoms with Gasteiger partial charge in [-0.05, 0) is 41.5 Å². The van der Waals surface area contributed by atoms with Crippen molar-refractivity contribution in [1.82, 2.24) is 4.90 Å². The zero-order chi connectivity index (χ0) is 27.7. The Bertz CT molecular complexity index is 1070. The predicted octanol–water partition coefficient (Wildman–Crippen LogP) is 8.30. The third-order valence-corrected chi connectivity index (χ3v) is 9.30. The van der Waals surface area contributed by atoms with Crippen LogP contribution in [0.5, 0.6) is 0 Å². The van der Waals surface area contributed by atoms with Gasteiger partial charge in [0.2, 0.25) is 0 Å². The zero-order valence-electron chi connectivity index (χ0n) is 24.3. The number of carbonyl (C=O) groups is 2. The maximum absolute atomic E-state index is 13.4. The van der Waals surface area contributed by atoms with Gasteiger partial charge in [0.15, 0.2) is 0 Å². The first-order valence-corrected chi connectivity index (χ1v) is 15.9. The molecule has 2 aromatic carbocycles. The van der Waals surface area contributed by atoms with Crippen LogP contribution in [0.15, 0.2) is 48.5 Å². The number of nitrogens with zero attached hydrogens (tertiary/aromatic N) is 1. The normalized spacial score (nSPS) is 21.6. The number of morpholine rings is 1. The highest BCUT2D eigenvalue weighted by Gasteiger charge is 2.44. The number of unbranched alkanes of at least 4 members (excludes halogenated alkanes) is 9. The summed E-state index contributed by atoms with van der Waals surface area (Å²) in [4.78, 5) is 28.4. The van der Waals surface area contributed by atoms with Gasteiger partial charge in [0.1, 0.15) is 12.4 Å². The molecule has 1 amide bonds. The number of hydrogen-bond acceptors (Lipinski definition) is 4. The highest BCUT2D eigenvalue weighted by molar-refractivity contribution is 5.82. The van der Waals surface area contributed by atoms with Crippen molar-refractivity contribution >= 4 is 11.9 Å². The summed E-state index contributed by atoms with van der Waals surface area (Å²) >= 11 is 0. The molecule has 5 nitrogen and oxygen atoms in total. The molecule has 0 saturated carbocycles. The Morgan fingerprint density at radius 3 is 1.88 bits per heavy atom. The number of carbonyl (C=O) groups excluding carboxylic acids is 2. The number of hydrogen-bond donors (Lipinski definition) is 0. The van der Waals surface area contributed by atoms with Gasteiger partial charge in [-0.3, -0.25) is 9.69 Å². The summed E-state index contributed by atoms with van der Waals surface area (Å²) in [6.45, 7) is 3.56. The van der Waals surface area contributed by atoms with Gasteiger partial charge in [0.25, 0.3) is 0 Å². The number of rotatable bonds is 14. The van der Waals surface area contributed by atoms with Crippen LogP contribution < -0.4 is 0 Å². The van der Waals surface area contributed by atoms with E-state index in [-0.39, 0.29) is 30.0 Å². The summed E-state index contributed by atoms with van der Waals surface area (Å²) in [6, 6.07) is 16.7. The lowest BCUT2D eigenvalue weighted by atomic mass is 9.81. The fraction of sp³-hybridized carbons (Fsp3) is 0.600. The molecule has 2 heterocycles. The van der Waals surface area contributed by atoms with E-state index in [4.69, 9.17) is 9.47 Å². The van der Waals surface area contributed by atoms with Crippen LogP contribution in [0.4, 0.5) is 4.79 Å². The molecule has 2 saturated heterocycles. The largest absolute Gasteiger partial charge is 0.448 e. The molecule has 5 heteroatoms. The number of Topliss-reactive ketones (excluding diaryl/α,β-unsaturated/α-hetero) is 1. The third kappa shape index (κ3) is 6.79. The molecule has 5 rings (SSSR count). The molecule has 0 spiro atoms. The molecule has 2 fully saturated rings. The smallest absolute Gasteiger partial charge is 0.410 e. The number of ether oxygens (including phenoxy) is 2. The number of ketones is 1. The summed E-state index contributed by atoms with van der Waals surface area (Å²) in [6.07, 6.45) is 14.6. The fourth-order valence-electron chi connectivity index (χ4n) is 7.14. The maximum atomic E-state index is 13.4. The van der Waals surface area contributed by atoms with Crippen LogP contribution in [-0.2, 0) is 14.3 Å². The van der Waals surface area contributed by atoms with Gasteiger partial charge < -0.3 is 9.47 Å². The Morgan fingerprint density at radius 2 is 1.30 bits per heavy atom. The standard InChI is InChI=1S/C35H47NO4/c1-2-3-4-5-6-7-8-9-10-11-20-34(37)26-21-27-23-39-24-28(22-26)36(27)35(38)40-25-33-31-18-14-12-16-29(31)30-17-13-15-19-32(30)33/h12-19,26-28,33H,2-11,20-25H2,1H3. The van der Waals surface area contributed by atoms with Crippen LogP contribution in [0.25, 0.3) is 11.1 Å². The molecule has 3 aliphatic rings. The predicted molar refractivity (Wildman–Crippen MR) is 159 cm³/mol. The monoisotopic (exact) mass is 545 g/mol. The van der Waals surface area contributed by atoms with Crippen molar-refractivity contribution in [2.75, 3.05) is 19.8 Å². The minimum atomic E-state index is -0.263. The van der Waals surface area contributed by atoms with Crippen molar-refractivity contribution in [3.05, 3.63) is 59.7 Å². The molecular formula is C35H47NO4. The fourth-order valence-corrected chi connectivity index (χ4v) is 7.14. The molecule has 2 aliphatic heterocycles. The van der Waals surface area contributed by atoms with Crippen molar-refractivity contribution in [3.8, 4) is 11.1 Å². The van der Waals surface area contributed by atoms with E-state index in [0.29, 0.717) is 44.9 Å². The average molecular weight is 546 g/mol. The van der Waals surface area contributed by atoms with E-state index in [9.17, 15) is 9.59 Å². The van der Waals surface area contributed by atoms with Gasteiger partial charge in [-0.15, -0.1) is 0 Å². The second kappa shape index (κ2) is 14.3. The second-order valence-electron chi connectivity index (χ2n) is 12.1. The molecule has 216 valence electrons. The van der Waals surface area contributed by atoms with Gasteiger partial charge in [-0.25, -0.2) is 4.79 Å². The lowest BCUT2D eigenvalue weighted by molar-refractivity contribution is -0.131. The van der Waals surface area contributed by atoms with E-state index in [1.54, 1.807) is 0 Å². The zero-order valence-corrected chi connectivity index (χ0v) is 24.3. The number of amides is 1. The second-order valence-corrected chi connectivity index (χ2v) is 12.1. The minimum Gasteiger partial charge on any atom is -0.448 e. The van der Waals surface area contributed by atoms with E-state index < -0.39 is 0 Å². The minimum absolute atomic E-state index is 0.0371. The number of piperidine rings is 1. The van der Waals surface area contributed by atoms with Gasteiger partial charge in [-0.2, -0.15) is 0 Å². The van der Waals surface area contributed by atoms with Crippen LogP contribution in [0.2, 0.25) is 0 Å². The SMILES string of the molecule is CCCCCCCCCCCCC(=O)C1CC2COCC(C1)N2C(=O)OCC1c2ccccc2-c2ccccc21. The van der Waals surface area contributed by atoms with Crippen molar-refractivity contribution < 1.29 is 19.1 Å². The van der Waals surface area contributed by atoms with Crippen molar-refractivity contribution in [2.24, 2.45) is 5.92 Å². The Kier molecular flexibility index (Phi) is 10.3. The van der Waals surface area contributed by atoms with Gasteiger partial charge >= 0.3 is 6.09 Å². The van der Waals surface area contributed by atoms with Gasteiger partial charge in [-0.1, -0.05) is 113 Å². The molecule has 0 N–H and O–H groups in total. The van der Waals surface area contributed by atoms with Crippen LogP contribution >= 0.6 is 0 Å². The van der Waals surface area contributed by atoms with Crippen molar-refractivity contribution in [2.45, 2.75) is 108 Å². The highest BCUT2D eigenvalue weighted by atomic mass is 16.6. The van der Waals surface area contributed by atoms with Gasteiger partial charge in [0, 0.05) is 18.3 Å². The topological polar surface area (TPSA) is 55.8 Å². The Balaban J connectivity index is 1.07. The molecular weight excluding hydrogens is 498 g/mol. The van der Waals surface area contributed by atoms with E-state index in [1.807, 2.05) is 4.90 Å². The molecule has 0 radical (unpaired) electrons. The van der Waals surface area contributed by atoms with Crippen molar-refractivity contribution in [3.63, 3.8) is 0 Å².